The Morgan fingerprint density at radius 3 is 1.47 bits per heavy atom. The van der Waals surface area contributed by atoms with Gasteiger partial charge in [-0.05, 0) is 112 Å². The van der Waals surface area contributed by atoms with Crippen molar-refractivity contribution in [1.82, 2.24) is 9.13 Å². The lowest BCUT2D eigenvalue weighted by Crippen LogP contribution is -2.04. The van der Waals surface area contributed by atoms with E-state index in [-0.39, 0.29) is 5.69 Å². The van der Waals surface area contributed by atoms with Crippen LogP contribution in [0.25, 0.3) is 109 Å². The van der Waals surface area contributed by atoms with Gasteiger partial charge in [0.15, 0.2) is 11.4 Å². The van der Waals surface area contributed by atoms with Crippen LogP contribution in [0, 0.1) is 35.8 Å². The molecule has 9 aromatic carbocycles. The van der Waals surface area contributed by atoms with Crippen molar-refractivity contribution in [2.24, 2.45) is 0 Å². The van der Waals surface area contributed by atoms with Gasteiger partial charge >= 0.3 is 6.18 Å². The molecule has 0 aliphatic carbocycles. The van der Waals surface area contributed by atoms with Gasteiger partial charge in [-0.3, -0.25) is 0 Å². The third-order valence-electron chi connectivity index (χ3n) is 12.7. The van der Waals surface area contributed by atoms with Gasteiger partial charge in [0.2, 0.25) is 0 Å². The molecule has 0 amide bonds. The molecule has 2 heterocycles. The molecule has 0 atom stereocenters. The molecule has 9 heteroatoms. The first-order valence-corrected chi connectivity index (χ1v) is 21.5. The summed E-state index contributed by atoms with van der Waals surface area (Å²) in [6.07, 6.45) is -4.64. The van der Waals surface area contributed by atoms with Crippen LogP contribution in [0.5, 0.6) is 0 Å². The zero-order chi connectivity index (χ0) is 46.7. The summed E-state index contributed by atoms with van der Waals surface area (Å²) in [5.41, 5.74) is 11.0. The van der Waals surface area contributed by atoms with Crippen molar-refractivity contribution in [1.29, 1.82) is 10.5 Å². The summed E-state index contributed by atoms with van der Waals surface area (Å²) in [4.78, 5) is 7.46. The molecule has 11 aromatic rings. The molecule has 0 aliphatic rings. The van der Waals surface area contributed by atoms with Crippen LogP contribution in [0.4, 0.5) is 24.5 Å². The van der Waals surface area contributed by atoms with Gasteiger partial charge in [-0.1, -0.05) is 115 Å². The highest BCUT2D eigenvalue weighted by Crippen LogP contribution is 2.46. The van der Waals surface area contributed by atoms with Crippen LogP contribution in [-0.4, -0.2) is 9.13 Å². The molecular weight excluding hydrogens is 850 g/mol. The minimum absolute atomic E-state index is 0.140. The van der Waals surface area contributed by atoms with E-state index in [2.05, 4.69) is 61.3 Å². The van der Waals surface area contributed by atoms with Crippen molar-refractivity contribution in [3.63, 3.8) is 0 Å². The molecule has 318 valence electrons. The summed E-state index contributed by atoms with van der Waals surface area (Å²) in [5, 5.41) is 23.8. The summed E-state index contributed by atoms with van der Waals surface area (Å²) in [7, 11) is 0. The second-order valence-electron chi connectivity index (χ2n) is 16.4. The highest BCUT2D eigenvalue weighted by atomic mass is 19.4. The van der Waals surface area contributed by atoms with Gasteiger partial charge in [0.1, 0.15) is 0 Å². The Balaban J connectivity index is 1.22. The highest BCUT2D eigenvalue weighted by molar-refractivity contribution is 6.13. The Morgan fingerprint density at radius 2 is 0.912 bits per heavy atom. The van der Waals surface area contributed by atoms with Crippen molar-refractivity contribution in [2.75, 3.05) is 0 Å². The SMILES string of the molecule is [C-]#[N+]c1ccc(-n2c3ccccc3c3cc(-c4ccccc4C#N)ccc32)c(-c2ccc(-c3ccc(C(F)(F)F)cc3[N+]#[C-])cc2-n2c3ccccc3c3cc(-c4ccccc4C#N)ccc32)c1. The number of nitrogens with zero attached hydrogens (tertiary/aromatic N) is 6. The molecule has 0 spiro atoms. The van der Waals surface area contributed by atoms with Gasteiger partial charge in [-0.15, -0.1) is 0 Å². The second-order valence-corrected chi connectivity index (χ2v) is 16.4. The Labute approximate surface area is 388 Å². The van der Waals surface area contributed by atoms with Gasteiger partial charge in [-0.2, -0.15) is 23.7 Å². The lowest BCUT2D eigenvalue weighted by molar-refractivity contribution is -0.137. The van der Waals surface area contributed by atoms with Crippen molar-refractivity contribution in [3.8, 4) is 68.0 Å². The fraction of sp³-hybridized carbons (Fsp3) is 0.0169. The van der Waals surface area contributed by atoms with E-state index in [9.17, 15) is 23.7 Å². The third-order valence-corrected chi connectivity index (χ3v) is 12.7. The number of aromatic nitrogens is 2. The Kier molecular flexibility index (Phi) is 9.72. The molecule has 0 saturated carbocycles. The average Bonchev–Trinajstić information content (AvgIpc) is 3.89. The first kappa shape index (κ1) is 41.1. The Bertz CT molecular complexity index is 4090. The summed E-state index contributed by atoms with van der Waals surface area (Å²) < 4.78 is 46.3. The number of benzene rings is 9. The molecule has 0 aliphatic heterocycles. The molecule has 0 fully saturated rings. The van der Waals surface area contributed by atoms with E-state index in [0.29, 0.717) is 39.2 Å². The summed E-state index contributed by atoms with van der Waals surface area (Å²) in [6, 6.07) is 62.5. The number of halogens is 3. The standard InChI is InChI=1S/C59H31F3N6/c1-65-42-23-28-57(67-53-17-9-7-15-46(53)49-29-36(20-26-55(49)67)43-13-5-3-11-39(43)34-63)51(33-42)48-24-19-38(45-25-22-41(59(60,61)62)32-52(45)66-2)31-58(48)68-54-18-10-8-16-47(54)50-30-37(21-27-56(50)68)44-14-6-4-12-40(44)35-64/h3-33H. The van der Waals surface area contributed by atoms with Gasteiger partial charge in [0, 0.05) is 32.7 Å². The number of fused-ring (bicyclic) bond motifs is 6. The average molecular weight is 881 g/mol. The van der Waals surface area contributed by atoms with E-state index in [1.165, 1.54) is 6.07 Å². The minimum Gasteiger partial charge on any atom is -0.309 e. The summed E-state index contributed by atoms with van der Waals surface area (Å²) in [5.74, 6) is 0. The van der Waals surface area contributed by atoms with Gasteiger partial charge < -0.3 is 9.13 Å². The maximum atomic E-state index is 14.0. The predicted octanol–water partition coefficient (Wildman–Crippen LogP) is 16.4. The first-order valence-electron chi connectivity index (χ1n) is 21.5. The van der Waals surface area contributed by atoms with Crippen LogP contribution in [0.2, 0.25) is 0 Å². The number of para-hydroxylation sites is 2. The largest absolute Gasteiger partial charge is 0.415 e. The van der Waals surface area contributed by atoms with Gasteiger partial charge in [0.25, 0.3) is 0 Å². The van der Waals surface area contributed by atoms with E-state index in [1.807, 2.05) is 121 Å². The van der Waals surface area contributed by atoms with Crippen LogP contribution in [0.1, 0.15) is 16.7 Å². The van der Waals surface area contributed by atoms with E-state index in [4.69, 9.17) is 13.1 Å². The van der Waals surface area contributed by atoms with Crippen LogP contribution in [0.15, 0.2) is 188 Å². The maximum absolute atomic E-state index is 14.0. The van der Waals surface area contributed by atoms with Gasteiger partial charge in [0.05, 0.1) is 69.9 Å². The fourth-order valence-electron chi connectivity index (χ4n) is 9.63. The molecule has 6 nitrogen and oxygen atoms in total. The van der Waals surface area contributed by atoms with Crippen LogP contribution < -0.4 is 0 Å². The molecule has 0 unspecified atom stereocenters. The molecule has 11 rings (SSSR count). The van der Waals surface area contributed by atoms with Crippen molar-refractivity contribution in [3.05, 3.63) is 228 Å². The van der Waals surface area contributed by atoms with Crippen LogP contribution in [0.3, 0.4) is 0 Å². The number of nitriles is 2. The molecular formula is C59H31F3N6. The van der Waals surface area contributed by atoms with Crippen LogP contribution >= 0.6 is 0 Å². The normalized spacial score (nSPS) is 11.4. The topological polar surface area (TPSA) is 66.2 Å². The molecule has 0 N–H and O–H groups in total. The lowest BCUT2D eigenvalue weighted by Gasteiger charge is -2.20. The van der Waals surface area contributed by atoms with E-state index < -0.39 is 11.7 Å². The lowest BCUT2D eigenvalue weighted by atomic mass is 9.94. The third kappa shape index (κ3) is 6.63. The van der Waals surface area contributed by atoms with Crippen molar-refractivity contribution in [2.45, 2.75) is 6.18 Å². The van der Waals surface area contributed by atoms with Crippen molar-refractivity contribution < 1.29 is 13.2 Å². The minimum atomic E-state index is -4.64. The summed E-state index contributed by atoms with van der Waals surface area (Å²) in [6.45, 7) is 16.2. The smallest absolute Gasteiger partial charge is 0.309 e. The van der Waals surface area contributed by atoms with E-state index >= 15 is 0 Å². The molecule has 0 radical (unpaired) electrons. The zero-order valence-electron chi connectivity index (χ0n) is 35.7. The number of alkyl halides is 3. The second kappa shape index (κ2) is 16.1. The van der Waals surface area contributed by atoms with Gasteiger partial charge in [-0.25, -0.2) is 9.69 Å². The number of hydrogen-bond donors (Lipinski definition) is 0. The van der Waals surface area contributed by atoms with E-state index in [0.717, 1.165) is 89.2 Å². The monoisotopic (exact) mass is 880 g/mol. The Hall–Kier alpha value is -9.67. The molecule has 2 aromatic heterocycles. The maximum Gasteiger partial charge on any atom is 0.415 e. The Morgan fingerprint density at radius 1 is 0.412 bits per heavy atom. The number of rotatable bonds is 6. The predicted molar refractivity (Wildman–Crippen MR) is 264 cm³/mol. The fourth-order valence-corrected chi connectivity index (χ4v) is 9.63. The molecule has 0 bridgehead atoms. The number of hydrogen-bond acceptors (Lipinski definition) is 2. The van der Waals surface area contributed by atoms with Crippen molar-refractivity contribution >= 4 is 55.0 Å². The quantitative estimate of drug-likeness (QED) is 0.156. The molecule has 0 saturated heterocycles. The van der Waals surface area contributed by atoms with E-state index in [1.54, 1.807) is 18.2 Å². The molecule has 68 heavy (non-hydrogen) atoms. The summed E-state index contributed by atoms with van der Waals surface area (Å²) >= 11 is 0. The van der Waals surface area contributed by atoms with Crippen LogP contribution in [-0.2, 0) is 6.18 Å². The first-order chi connectivity index (χ1) is 33.2. The zero-order valence-corrected chi connectivity index (χ0v) is 35.7. The highest BCUT2D eigenvalue weighted by Gasteiger charge is 2.31.